The molecule has 18 heavy (non-hydrogen) atoms. The summed E-state index contributed by atoms with van der Waals surface area (Å²) in [5.74, 6) is 0.652. The highest BCUT2D eigenvalue weighted by molar-refractivity contribution is 7.09. The van der Waals surface area contributed by atoms with E-state index < -0.39 is 0 Å². The monoisotopic (exact) mass is 282 g/mol. The minimum Gasteiger partial charge on any atom is -0.495 e. The van der Waals surface area contributed by atoms with Gasteiger partial charge in [-0.05, 0) is 24.6 Å². The summed E-state index contributed by atoms with van der Waals surface area (Å²) in [7, 11) is 1.60. The van der Waals surface area contributed by atoms with E-state index in [9.17, 15) is 0 Å². The first-order valence-electron chi connectivity index (χ1n) is 5.60. The summed E-state index contributed by atoms with van der Waals surface area (Å²) >= 11 is 7.63. The van der Waals surface area contributed by atoms with Crippen LogP contribution < -0.4 is 10.5 Å². The Balaban J connectivity index is 2.15. The Hall–Kier alpha value is -1.10. The largest absolute Gasteiger partial charge is 0.495 e. The van der Waals surface area contributed by atoms with Gasteiger partial charge in [0.1, 0.15) is 5.75 Å². The molecule has 1 heterocycles. The number of thiazole rings is 1. The molecule has 1 unspecified atom stereocenters. The third-order valence-corrected chi connectivity index (χ3v) is 3.83. The van der Waals surface area contributed by atoms with Crippen LogP contribution in [0.1, 0.15) is 22.3 Å². The number of halogens is 1. The molecule has 2 aromatic rings. The highest BCUT2D eigenvalue weighted by atomic mass is 35.5. The number of methoxy groups -OCH3 is 1. The Morgan fingerprint density at radius 3 is 2.89 bits per heavy atom. The lowest BCUT2D eigenvalue weighted by atomic mass is 10.0. The van der Waals surface area contributed by atoms with Crippen molar-refractivity contribution in [2.45, 2.75) is 19.4 Å². The summed E-state index contributed by atoms with van der Waals surface area (Å²) in [4.78, 5) is 4.42. The summed E-state index contributed by atoms with van der Waals surface area (Å²) < 4.78 is 5.19. The Kier molecular flexibility index (Phi) is 4.22. The maximum atomic E-state index is 6.18. The van der Waals surface area contributed by atoms with Crippen molar-refractivity contribution >= 4 is 22.9 Å². The van der Waals surface area contributed by atoms with E-state index in [-0.39, 0.29) is 6.04 Å². The average molecular weight is 283 g/mol. The smallest absolute Gasteiger partial charge is 0.137 e. The molecule has 0 saturated carbocycles. The van der Waals surface area contributed by atoms with E-state index in [4.69, 9.17) is 22.1 Å². The standard InChI is InChI=1S/C13H15ClN2OS/c1-8-16-10(7-18-8)6-12(15)9-3-4-11(14)13(5-9)17-2/h3-5,7,12H,6,15H2,1-2H3. The fourth-order valence-corrected chi connectivity index (χ4v) is 2.57. The molecule has 0 fully saturated rings. The number of aromatic nitrogens is 1. The van der Waals surface area contributed by atoms with Crippen molar-refractivity contribution in [1.82, 2.24) is 4.98 Å². The number of rotatable bonds is 4. The van der Waals surface area contributed by atoms with Crippen molar-refractivity contribution in [3.8, 4) is 5.75 Å². The van der Waals surface area contributed by atoms with Gasteiger partial charge < -0.3 is 10.5 Å². The molecule has 2 rings (SSSR count). The van der Waals surface area contributed by atoms with Gasteiger partial charge in [-0.15, -0.1) is 11.3 Å². The Morgan fingerprint density at radius 2 is 2.28 bits per heavy atom. The molecule has 0 aliphatic heterocycles. The zero-order valence-electron chi connectivity index (χ0n) is 10.3. The van der Waals surface area contributed by atoms with E-state index in [0.29, 0.717) is 10.8 Å². The molecule has 1 atom stereocenters. The van der Waals surface area contributed by atoms with Gasteiger partial charge >= 0.3 is 0 Å². The van der Waals surface area contributed by atoms with Crippen LogP contribution >= 0.6 is 22.9 Å². The second-order valence-corrected chi connectivity index (χ2v) is 5.53. The molecule has 0 aliphatic carbocycles. The van der Waals surface area contributed by atoms with Crippen molar-refractivity contribution < 1.29 is 4.74 Å². The van der Waals surface area contributed by atoms with Gasteiger partial charge in [0.2, 0.25) is 0 Å². The van der Waals surface area contributed by atoms with E-state index in [0.717, 1.165) is 22.7 Å². The summed E-state index contributed by atoms with van der Waals surface area (Å²) in [5, 5.41) is 3.70. The van der Waals surface area contributed by atoms with E-state index >= 15 is 0 Å². The molecule has 96 valence electrons. The number of nitrogens with two attached hydrogens (primary N) is 1. The summed E-state index contributed by atoms with van der Waals surface area (Å²) in [6, 6.07) is 5.51. The maximum Gasteiger partial charge on any atom is 0.137 e. The lowest BCUT2D eigenvalue weighted by Gasteiger charge is -2.12. The van der Waals surface area contributed by atoms with E-state index in [2.05, 4.69) is 4.98 Å². The van der Waals surface area contributed by atoms with Crippen molar-refractivity contribution in [2.75, 3.05) is 7.11 Å². The van der Waals surface area contributed by atoms with Crippen molar-refractivity contribution in [3.63, 3.8) is 0 Å². The topological polar surface area (TPSA) is 48.1 Å². The van der Waals surface area contributed by atoms with Gasteiger partial charge in [-0.2, -0.15) is 0 Å². The fourth-order valence-electron chi connectivity index (χ4n) is 1.75. The first-order chi connectivity index (χ1) is 8.60. The zero-order chi connectivity index (χ0) is 13.1. The van der Waals surface area contributed by atoms with Crippen molar-refractivity contribution in [1.29, 1.82) is 0 Å². The van der Waals surface area contributed by atoms with E-state index in [1.807, 2.05) is 30.5 Å². The van der Waals surface area contributed by atoms with Crippen LogP contribution in [-0.4, -0.2) is 12.1 Å². The molecule has 0 aliphatic rings. The molecule has 3 nitrogen and oxygen atoms in total. The van der Waals surface area contributed by atoms with Crippen LogP contribution in [0.25, 0.3) is 0 Å². The predicted octanol–water partition coefficient (Wildman–Crippen LogP) is 3.36. The minimum atomic E-state index is -0.0994. The molecular formula is C13H15ClN2OS. The summed E-state index contributed by atoms with van der Waals surface area (Å²) in [6.07, 6.45) is 0.717. The van der Waals surface area contributed by atoms with Crippen LogP contribution in [0.2, 0.25) is 5.02 Å². The molecule has 0 amide bonds. The van der Waals surface area contributed by atoms with Gasteiger partial charge in [-0.25, -0.2) is 4.98 Å². The van der Waals surface area contributed by atoms with Gasteiger partial charge in [0.25, 0.3) is 0 Å². The average Bonchev–Trinajstić information content (AvgIpc) is 2.75. The first-order valence-corrected chi connectivity index (χ1v) is 6.86. The number of aryl methyl sites for hydroxylation is 1. The number of ether oxygens (including phenoxy) is 1. The molecule has 0 bridgehead atoms. The van der Waals surface area contributed by atoms with Gasteiger partial charge in [0, 0.05) is 17.8 Å². The quantitative estimate of drug-likeness (QED) is 0.935. The summed E-state index contributed by atoms with van der Waals surface area (Å²) in [5.41, 5.74) is 8.20. The number of hydrogen-bond donors (Lipinski definition) is 1. The maximum absolute atomic E-state index is 6.18. The normalized spacial score (nSPS) is 12.4. The lowest BCUT2D eigenvalue weighted by molar-refractivity contribution is 0.414. The van der Waals surface area contributed by atoms with Gasteiger partial charge in [0.15, 0.2) is 0 Å². The molecule has 0 radical (unpaired) electrons. The molecular weight excluding hydrogens is 268 g/mol. The highest BCUT2D eigenvalue weighted by Crippen LogP contribution is 2.28. The second kappa shape index (κ2) is 5.69. The SMILES string of the molecule is COc1cc(C(N)Cc2csc(C)n2)ccc1Cl. The Labute approximate surface area is 116 Å². The fraction of sp³-hybridized carbons (Fsp3) is 0.308. The number of nitrogens with zero attached hydrogens (tertiary/aromatic N) is 1. The van der Waals surface area contributed by atoms with Crippen LogP contribution in [0, 0.1) is 6.92 Å². The lowest BCUT2D eigenvalue weighted by Crippen LogP contribution is -2.13. The van der Waals surface area contributed by atoms with Crippen LogP contribution in [0.4, 0.5) is 0 Å². The third kappa shape index (κ3) is 3.02. The number of hydrogen-bond acceptors (Lipinski definition) is 4. The molecule has 1 aromatic heterocycles. The molecule has 5 heteroatoms. The molecule has 0 saturated heterocycles. The van der Waals surface area contributed by atoms with Crippen LogP contribution in [0.3, 0.4) is 0 Å². The van der Waals surface area contributed by atoms with Crippen molar-refractivity contribution in [3.05, 3.63) is 44.9 Å². The van der Waals surface area contributed by atoms with Crippen LogP contribution in [0.15, 0.2) is 23.6 Å². The first kappa shape index (κ1) is 13.3. The third-order valence-electron chi connectivity index (χ3n) is 2.70. The zero-order valence-corrected chi connectivity index (χ0v) is 11.9. The van der Waals surface area contributed by atoms with Gasteiger partial charge in [-0.3, -0.25) is 0 Å². The second-order valence-electron chi connectivity index (χ2n) is 4.06. The Morgan fingerprint density at radius 1 is 1.50 bits per heavy atom. The van der Waals surface area contributed by atoms with Crippen molar-refractivity contribution in [2.24, 2.45) is 5.73 Å². The predicted molar refractivity (Wildman–Crippen MR) is 75.5 cm³/mol. The highest BCUT2D eigenvalue weighted by Gasteiger charge is 2.11. The van der Waals surface area contributed by atoms with Crippen LogP contribution in [0.5, 0.6) is 5.75 Å². The minimum absolute atomic E-state index is 0.0994. The summed E-state index contributed by atoms with van der Waals surface area (Å²) in [6.45, 7) is 1.99. The molecule has 0 spiro atoms. The Bertz CT molecular complexity index is 542. The van der Waals surface area contributed by atoms with Crippen LogP contribution in [-0.2, 0) is 6.42 Å². The van der Waals surface area contributed by atoms with E-state index in [1.54, 1.807) is 18.4 Å². The number of benzene rings is 1. The molecule has 2 N–H and O–H groups in total. The van der Waals surface area contributed by atoms with E-state index in [1.165, 1.54) is 0 Å². The van der Waals surface area contributed by atoms with Gasteiger partial charge in [0.05, 0.1) is 22.8 Å². The molecule has 1 aromatic carbocycles. The van der Waals surface area contributed by atoms with Gasteiger partial charge in [-0.1, -0.05) is 17.7 Å².